The van der Waals surface area contributed by atoms with Crippen LogP contribution in [0.5, 0.6) is 17.2 Å². The zero-order valence-electron chi connectivity index (χ0n) is 15.5. The molecule has 72 valence electrons. The van der Waals surface area contributed by atoms with Crippen molar-refractivity contribution in [1.82, 2.24) is 0 Å². The monoisotopic (exact) mass is 192 g/mol. The number of hydrogen-bond donors (Lipinski definition) is 1. The van der Waals surface area contributed by atoms with Crippen LogP contribution in [0.1, 0.15) is 12.3 Å². The Kier molecular flexibility index (Phi) is 0.890. The Morgan fingerprint density at radius 3 is 2.08 bits per heavy atom. The van der Waals surface area contributed by atoms with E-state index in [4.69, 9.17) is 18.1 Å². The van der Waals surface area contributed by atoms with E-state index >= 15 is 0 Å². The van der Waals surface area contributed by atoms with E-state index in [-0.39, 0.29) is 5.69 Å². The van der Waals surface area contributed by atoms with Gasteiger partial charge in [-0.2, -0.15) is 0 Å². The number of hydrogen-bond acceptors (Lipinski definition) is 4. The summed E-state index contributed by atoms with van der Waals surface area (Å²) in [6.45, 7) is 0. The number of nitrogen functional groups attached to an aromatic ring is 1. The standard InChI is InChI=1S/C9H13NO3/c1-11-7-4-6(10)5-8(12-2)9(7)13-3/h4-5H,10H2,1-3H3/i1D3,2D3,3D3. The van der Waals surface area contributed by atoms with Gasteiger partial charge in [0.2, 0.25) is 5.75 Å². The molecule has 0 spiro atoms. The summed E-state index contributed by atoms with van der Waals surface area (Å²) >= 11 is 0. The van der Waals surface area contributed by atoms with Crippen LogP contribution < -0.4 is 19.9 Å². The Balaban J connectivity index is 3.40. The summed E-state index contributed by atoms with van der Waals surface area (Å²) in [7, 11) is -8.86. The average molecular weight is 192 g/mol. The van der Waals surface area contributed by atoms with Crippen LogP contribution in [-0.4, -0.2) is 21.1 Å². The van der Waals surface area contributed by atoms with Gasteiger partial charge in [0, 0.05) is 17.8 Å². The summed E-state index contributed by atoms with van der Waals surface area (Å²) in [5.74, 6) is -1.84. The third-order valence-corrected chi connectivity index (χ3v) is 1.37. The third kappa shape index (κ3) is 1.77. The summed E-state index contributed by atoms with van der Waals surface area (Å²) < 4.78 is 77.2. The third-order valence-electron chi connectivity index (χ3n) is 1.37. The molecule has 0 aliphatic heterocycles. The first kappa shape index (κ1) is 2.97. The van der Waals surface area contributed by atoms with E-state index in [1.54, 1.807) is 0 Å². The first-order chi connectivity index (χ1) is 9.66. The predicted molar refractivity (Wildman–Crippen MR) is 50.5 cm³/mol. The van der Waals surface area contributed by atoms with Crippen molar-refractivity contribution < 1.29 is 26.5 Å². The van der Waals surface area contributed by atoms with E-state index in [9.17, 15) is 0 Å². The van der Waals surface area contributed by atoms with Gasteiger partial charge in [-0.05, 0) is 0 Å². The highest BCUT2D eigenvalue weighted by atomic mass is 16.5. The van der Waals surface area contributed by atoms with Crippen LogP contribution in [0.3, 0.4) is 0 Å². The van der Waals surface area contributed by atoms with Crippen molar-refractivity contribution in [1.29, 1.82) is 0 Å². The van der Waals surface area contributed by atoms with E-state index in [0.29, 0.717) is 0 Å². The Bertz CT molecular complexity index is 498. The molecule has 2 N–H and O–H groups in total. The summed E-state index contributed by atoms with van der Waals surface area (Å²) in [5.41, 5.74) is 5.41. The molecule has 0 bridgehead atoms. The number of nitrogens with two attached hydrogens (primary N) is 1. The molecule has 1 aromatic rings. The fraction of sp³-hybridized carbons (Fsp3) is 0.333. The first-order valence-electron chi connectivity index (χ1n) is 7.67. The molecule has 1 aromatic carbocycles. The van der Waals surface area contributed by atoms with Gasteiger partial charge in [-0.3, -0.25) is 0 Å². The van der Waals surface area contributed by atoms with Gasteiger partial charge in [-0.25, -0.2) is 0 Å². The van der Waals surface area contributed by atoms with Crippen LogP contribution in [0.4, 0.5) is 5.69 Å². The van der Waals surface area contributed by atoms with Crippen LogP contribution in [0.2, 0.25) is 0 Å². The van der Waals surface area contributed by atoms with Crippen LogP contribution in [0, 0.1) is 0 Å². The van der Waals surface area contributed by atoms with Crippen LogP contribution in [0.15, 0.2) is 12.1 Å². The fourth-order valence-corrected chi connectivity index (χ4v) is 0.849. The second-order valence-electron chi connectivity index (χ2n) is 2.15. The van der Waals surface area contributed by atoms with Crippen molar-refractivity contribution >= 4 is 5.69 Å². The van der Waals surface area contributed by atoms with Gasteiger partial charge in [0.25, 0.3) is 0 Å². The van der Waals surface area contributed by atoms with Gasteiger partial charge in [0.05, 0.1) is 33.5 Å². The largest absolute Gasteiger partial charge is 0.493 e. The second kappa shape index (κ2) is 3.89. The lowest BCUT2D eigenvalue weighted by atomic mass is 10.2. The van der Waals surface area contributed by atoms with Gasteiger partial charge < -0.3 is 19.9 Å². The molecule has 13 heavy (non-hydrogen) atoms. The number of rotatable bonds is 3. The molecule has 0 aliphatic carbocycles. The maximum Gasteiger partial charge on any atom is 0.203 e. The van der Waals surface area contributed by atoms with Gasteiger partial charge in [-0.1, -0.05) is 0 Å². The highest BCUT2D eigenvalue weighted by molar-refractivity contribution is 5.60. The quantitative estimate of drug-likeness (QED) is 0.733. The van der Waals surface area contributed by atoms with Crippen molar-refractivity contribution in [2.75, 3.05) is 26.8 Å². The van der Waals surface area contributed by atoms with Crippen molar-refractivity contribution in [3.63, 3.8) is 0 Å². The van der Waals surface area contributed by atoms with Gasteiger partial charge in [0.15, 0.2) is 11.5 Å². The molecule has 0 atom stereocenters. The average Bonchev–Trinajstić information content (AvgIpc) is 2.16. The van der Waals surface area contributed by atoms with Gasteiger partial charge >= 0.3 is 0 Å². The van der Waals surface area contributed by atoms with E-state index in [0.717, 1.165) is 12.1 Å². The smallest absolute Gasteiger partial charge is 0.203 e. The minimum absolute atomic E-state index is 0.101. The van der Waals surface area contributed by atoms with Crippen molar-refractivity contribution in [3.8, 4) is 17.2 Å². The lowest BCUT2D eigenvalue weighted by molar-refractivity contribution is 0.325. The fourth-order valence-electron chi connectivity index (χ4n) is 0.849. The summed E-state index contributed by atoms with van der Waals surface area (Å²) in [4.78, 5) is 0. The molecule has 4 nitrogen and oxygen atoms in total. The van der Waals surface area contributed by atoms with E-state index in [2.05, 4.69) is 14.2 Å². The maximum absolute atomic E-state index is 7.07. The molecule has 0 saturated carbocycles. The number of ether oxygens (including phenoxy) is 3. The van der Waals surface area contributed by atoms with E-state index < -0.39 is 38.4 Å². The minimum atomic E-state index is -2.99. The Hall–Kier alpha value is -1.58. The minimum Gasteiger partial charge on any atom is -0.493 e. The zero-order chi connectivity index (χ0) is 17.3. The Labute approximate surface area is 89.9 Å². The lowest BCUT2D eigenvalue weighted by Crippen LogP contribution is -1.96. The molecular formula is C9H13NO3. The molecule has 4 heteroatoms. The first-order valence-corrected chi connectivity index (χ1v) is 3.17. The molecule has 0 heterocycles. The highest BCUT2D eigenvalue weighted by Gasteiger charge is 2.11. The van der Waals surface area contributed by atoms with Crippen molar-refractivity contribution in [2.24, 2.45) is 0 Å². The maximum atomic E-state index is 7.07. The number of benzene rings is 1. The zero-order valence-corrected chi connectivity index (χ0v) is 6.46. The molecule has 0 radical (unpaired) electrons. The van der Waals surface area contributed by atoms with E-state index in [1.165, 1.54) is 0 Å². The summed E-state index contributed by atoms with van der Waals surface area (Å²) in [6.07, 6.45) is 0. The molecule has 0 unspecified atom stereocenters. The summed E-state index contributed by atoms with van der Waals surface area (Å²) in [5, 5.41) is 0. The highest BCUT2D eigenvalue weighted by Crippen LogP contribution is 2.38. The van der Waals surface area contributed by atoms with Crippen molar-refractivity contribution in [2.45, 2.75) is 0 Å². The summed E-state index contributed by atoms with van der Waals surface area (Å²) in [6, 6.07) is 1.97. The normalized spacial score (nSPS) is 22.6. The van der Waals surface area contributed by atoms with Gasteiger partial charge in [0.1, 0.15) is 0 Å². The SMILES string of the molecule is [2H]C([2H])([2H])Oc1cc(N)cc(OC([2H])([2H])[2H])c1OC([2H])([2H])[2H]. The van der Waals surface area contributed by atoms with Crippen molar-refractivity contribution in [3.05, 3.63) is 12.1 Å². The molecule has 0 aliphatic rings. The molecule has 0 amide bonds. The molecule has 0 fully saturated rings. The molecular weight excluding hydrogens is 170 g/mol. The van der Waals surface area contributed by atoms with E-state index in [1.807, 2.05) is 0 Å². The van der Waals surface area contributed by atoms with Crippen LogP contribution >= 0.6 is 0 Å². The Morgan fingerprint density at radius 1 is 1.08 bits per heavy atom. The predicted octanol–water partition coefficient (Wildman–Crippen LogP) is 1.29. The van der Waals surface area contributed by atoms with Crippen LogP contribution in [-0.2, 0) is 0 Å². The number of anilines is 1. The topological polar surface area (TPSA) is 53.7 Å². The van der Waals surface area contributed by atoms with Gasteiger partial charge in [-0.15, -0.1) is 0 Å². The lowest BCUT2D eigenvalue weighted by Gasteiger charge is -2.12. The second-order valence-corrected chi connectivity index (χ2v) is 2.15. The number of methoxy groups -OCH3 is 3. The van der Waals surface area contributed by atoms with Crippen LogP contribution in [0.25, 0.3) is 0 Å². The molecule has 0 aromatic heterocycles. The molecule has 1 rings (SSSR count). The molecule has 0 saturated heterocycles. The Morgan fingerprint density at radius 2 is 1.62 bits per heavy atom.